The first-order chi connectivity index (χ1) is 15.6. The Labute approximate surface area is 183 Å². The van der Waals surface area contributed by atoms with E-state index in [0.717, 1.165) is 12.8 Å². The number of carbonyl (C=O) groups excluding carboxylic acids is 2. The zero-order chi connectivity index (χ0) is 22.1. The van der Waals surface area contributed by atoms with Gasteiger partial charge in [-0.25, -0.2) is 9.07 Å². The minimum absolute atomic E-state index is 0.163. The number of aromatic nitrogens is 3. The van der Waals surface area contributed by atoms with E-state index in [1.165, 1.54) is 16.9 Å². The normalized spacial score (nSPS) is 13.0. The Bertz CT molecular complexity index is 1290. The lowest BCUT2D eigenvalue weighted by Gasteiger charge is -2.12. The predicted octanol–water partition coefficient (Wildman–Crippen LogP) is 3.95. The van der Waals surface area contributed by atoms with E-state index in [9.17, 15) is 14.0 Å². The summed E-state index contributed by atoms with van der Waals surface area (Å²) in [6, 6.07) is 16.9. The van der Waals surface area contributed by atoms with Gasteiger partial charge in [0.25, 0.3) is 11.8 Å². The van der Waals surface area contributed by atoms with Crippen LogP contribution in [0.2, 0.25) is 0 Å². The van der Waals surface area contributed by atoms with Gasteiger partial charge in [-0.3, -0.25) is 9.59 Å². The molecular weight excluding hydrogens is 409 g/mol. The molecule has 2 aromatic heterocycles. The van der Waals surface area contributed by atoms with Crippen molar-refractivity contribution in [1.82, 2.24) is 19.7 Å². The molecule has 0 saturated heterocycles. The molecule has 4 aromatic rings. The summed E-state index contributed by atoms with van der Waals surface area (Å²) in [5.74, 6) is -0.634. The lowest BCUT2D eigenvalue weighted by Crippen LogP contribution is -2.25. The quantitative estimate of drug-likeness (QED) is 0.487. The zero-order valence-electron chi connectivity index (χ0n) is 17.0. The first kappa shape index (κ1) is 19.7. The number of anilines is 1. The van der Waals surface area contributed by atoms with Crippen molar-refractivity contribution in [2.45, 2.75) is 18.9 Å². The number of hydrogen-bond donors (Lipinski definition) is 2. The summed E-state index contributed by atoms with van der Waals surface area (Å²) in [6.45, 7) is 0. The van der Waals surface area contributed by atoms with Gasteiger partial charge in [-0.15, -0.1) is 0 Å². The number of rotatable bonds is 6. The van der Waals surface area contributed by atoms with Crippen LogP contribution in [0.3, 0.4) is 0 Å². The van der Waals surface area contributed by atoms with E-state index in [1.807, 2.05) is 12.1 Å². The Kier molecular flexibility index (Phi) is 5.03. The number of hydrogen-bond acceptors (Lipinski definition) is 3. The minimum atomic E-state index is -0.453. The monoisotopic (exact) mass is 429 g/mol. The highest BCUT2D eigenvalue weighted by Gasteiger charge is 2.24. The predicted molar refractivity (Wildman–Crippen MR) is 118 cm³/mol. The molecule has 1 fully saturated rings. The van der Waals surface area contributed by atoms with Gasteiger partial charge in [0, 0.05) is 29.7 Å². The van der Waals surface area contributed by atoms with Crippen molar-refractivity contribution >= 4 is 17.5 Å². The second-order valence-corrected chi connectivity index (χ2v) is 7.62. The largest absolute Gasteiger partial charge is 0.349 e. The first-order valence-electron chi connectivity index (χ1n) is 10.3. The summed E-state index contributed by atoms with van der Waals surface area (Å²) >= 11 is 0. The molecule has 8 heteroatoms. The minimum Gasteiger partial charge on any atom is -0.349 e. The molecular formula is C24H20FN5O2. The number of nitrogens with one attached hydrogen (secondary N) is 2. The van der Waals surface area contributed by atoms with Gasteiger partial charge in [0.05, 0.1) is 6.20 Å². The van der Waals surface area contributed by atoms with E-state index in [0.29, 0.717) is 17.1 Å². The van der Waals surface area contributed by atoms with Crippen molar-refractivity contribution in [2.75, 3.05) is 5.32 Å². The van der Waals surface area contributed by atoms with Crippen LogP contribution in [-0.2, 0) is 0 Å². The van der Waals surface area contributed by atoms with Gasteiger partial charge in [-0.05, 0) is 55.3 Å². The summed E-state index contributed by atoms with van der Waals surface area (Å²) in [4.78, 5) is 25.5. The molecule has 0 unspecified atom stereocenters. The fourth-order valence-corrected chi connectivity index (χ4v) is 3.46. The van der Waals surface area contributed by atoms with Crippen molar-refractivity contribution in [2.24, 2.45) is 0 Å². The van der Waals surface area contributed by atoms with Crippen molar-refractivity contribution in [3.63, 3.8) is 0 Å². The van der Waals surface area contributed by atoms with E-state index < -0.39 is 11.7 Å². The smallest absolute Gasteiger partial charge is 0.261 e. The Morgan fingerprint density at radius 3 is 2.50 bits per heavy atom. The van der Waals surface area contributed by atoms with Crippen LogP contribution in [0.15, 0.2) is 79.3 Å². The van der Waals surface area contributed by atoms with Crippen molar-refractivity contribution in [3.05, 3.63) is 96.2 Å². The molecule has 32 heavy (non-hydrogen) atoms. The molecule has 1 aliphatic carbocycles. The summed E-state index contributed by atoms with van der Waals surface area (Å²) < 4.78 is 17.6. The molecule has 0 spiro atoms. The van der Waals surface area contributed by atoms with Crippen LogP contribution in [0.25, 0.3) is 11.5 Å². The second kappa shape index (κ2) is 8.14. The van der Waals surface area contributed by atoms with E-state index in [1.54, 1.807) is 59.4 Å². The molecule has 0 bridgehead atoms. The third-order valence-corrected chi connectivity index (χ3v) is 5.21. The van der Waals surface area contributed by atoms with E-state index in [-0.39, 0.29) is 23.2 Å². The maximum atomic E-state index is 14.5. The average molecular weight is 429 g/mol. The molecule has 1 aliphatic rings. The number of benzene rings is 2. The maximum absolute atomic E-state index is 14.5. The summed E-state index contributed by atoms with van der Waals surface area (Å²) in [5, 5.41) is 10.0. The van der Waals surface area contributed by atoms with Crippen LogP contribution in [0.1, 0.15) is 33.6 Å². The van der Waals surface area contributed by atoms with Gasteiger partial charge < -0.3 is 15.2 Å². The topological polar surface area (TPSA) is 81.0 Å². The van der Waals surface area contributed by atoms with Crippen LogP contribution in [-0.4, -0.2) is 32.2 Å². The number of nitrogens with zero attached hydrogens (tertiary/aromatic N) is 3. The van der Waals surface area contributed by atoms with Gasteiger partial charge in [0.15, 0.2) is 5.82 Å². The van der Waals surface area contributed by atoms with Gasteiger partial charge in [0.2, 0.25) is 0 Å². The van der Waals surface area contributed by atoms with Crippen molar-refractivity contribution in [3.8, 4) is 11.5 Å². The van der Waals surface area contributed by atoms with Gasteiger partial charge >= 0.3 is 0 Å². The number of carbonyl (C=O) groups is 2. The summed E-state index contributed by atoms with van der Waals surface area (Å²) in [6.07, 6.45) is 6.91. The van der Waals surface area contributed by atoms with Gasteiger partial charge in [0.1, 0.15) is 17.1 Å². The van der Waals surface area contributed by atoms with Crippen molar-refractivity contribution < 1.29 is 14.0 Å². The van der Waals surface area contributed by atoms with Gasteiger partial charge in [-0.1, -0.05) is 18.2 Å². The third-order valence-electron chi connectivity index (χ3n) is 5.21. The summed E-state index contributed by atoms with van der Waals surface area (Å²) in [7, 11) is 0. The molecule has 0 radical (unpaired) electrons. The number of halogens is 1. The van der Waals surface area contributed by atoms with Crippen LogP contribution in [0.4, 0.5) is 10.1 Å². The lowest BCUT2D eigenvalue weighted by atomic mass is 10.1. The second-order valence-electron chi connectivity index (χ2n) is 7.62. The van der Waals surface area contributed by atoms with E-state index in [2.05, 4.69) is 15.7 Å². The Morgan fingerprint density at radius 1 is 0.969 bits per heavy atom. The molecule has 7 nitrogen and oxygen atoms in total. The zero-order valence-corrected chi connectivity index (χ0v) is 17.0. The molecule has 5 rings (SSSR count). The molecule has 2 heterocycles. The van der Waals surface area contributed by atoms with Crippen LogP contribution >= 0.6 is 0 Å². The Balaban J connectivity index is 1.47. The van der Waals surface area contributed by atoms with E-state index >= 15 is 0 Å². The molecule has 160 valence electrons. The Hall–Kier alpha value is -4.20. The molecule has 2 amide bonds. The standard InChI is InChI=1S/C24H20FN5O2/c25-20-8-1-2-9-21(20)30-24(29-12-3-4-13-29)19(15-26-30)23(32)28-18-7-5-6-16(14-18)22(31)27-17-10-11-17/h1-9,12-15,17H,10-11H2,(H,27,31)(H,28,32). The molecule has 1 saturated carbocycles. The SMILES string of the molecule is O=C(NC1CC1)c1cccc(NC(=O)c2cnn(-c3ccccc3F)c2-n2cccc2)c1. The van der Waals surface area contributed by atoms with Crippen molar-refractivity contribution in [1.29, 1.82) is 0 Å². The van der Waals surface area contributed by atoms with Crippen LogP contribution in [0.5, 0.6) is 0 Å². The fraction of sp³-hybridized carbons (Fsp3) is 0.125. The lowest BCUT2D eigenvalue weighted by molar-refractivity contribution is 0.0949. The highest BCUT2D eigenvalue weighted by atomic mass is 19.1. The third kappa shape index (κ3) is 3.90. The summed E-state index contributed by atoms with van der Waals surface area (Å²) in [5.41, 5.74) is 1.45. The Morgan fingerprint density at radius 2 is 1.75 bits per heavy atom. The molecule has 2 N–H and O–H groups in total. The maximum Gasteiger partial charge on any atom is 0.261 e. The van der Waals surface area contributed by atoms with Gasteiger partial charge in [-0.2, -0.15) is 5.10 Å². The van der Waals surface area contributed by atoms with Crippen LogP contribution < -0.4 is 10.6 Å². The molecule has 0 atom stereocenters. The highest BCUT2D eigenvalue weighted by Crippen LogP contribution is 2.23. The first-order valence-corrected chi connectivity index (χ1v) is 10.3. The molecule has 2 aromatic carbocycles. The fourth-order valence-electron chi connectivity index (χ4n) is 3.46. The number of para-hydroxylation sites is 1. The van der Waals surface area contributed by atoms with E-state index in [4.69, 9.17) is 0 Å². The molecule has 0 aliphatic heterocycles. The highest BCUT2D eigenvalue weighted by molar-refractivity contribution is 6.07. The van der Waals surface area contributed by atoms with Crippen LogP contribution in [0, 0.1) is 5.82 Å². The average Bonchev–Trinajstić information content (AvgIpc) is 3.26. The number of amides is 2.